The second-order valence-electron chi connectivity index (χ2n) is 11.8. The highest BCUT2D eigenvalue weighted by Gasteiger charge is 2.70. The predicted octanol–water partition coefficient (Wildman–Crippen LogP) is 4.99. The van der Waals surface area contributed by atoms with Crippen molar-refractivity contribution in [3.63, 3.8) is 0 Å². The van der Waals surface area contributed by atoms with Gasteiger partial charge in [0.25, 0.3) is 5.91 Å². The van der Waals surface area contributed by atoms with Crippen molar-refractivity contribution < 1.29 is 27.5 Å². The first kappa shape index (κ1) is 29.7. The smallest absolute Gasteiger partial charge is 0.332 e. The molecule has 1 saturated carbocycles. The van der Waals surface area contributed by atoms with Gasteiger partial charge in [0.2, 0.25) is 0 Å². The summed E-state index contributed by atoms with van der Waals surface area (Å²) >= 11 is 6.29. The van der Waals surface area contributed by atoms with Gasteiger partial charge in [-0.3, -0.25) is 9.59 Å². The van der Waals surface area contributed by atoms with Crippen molar-refractivity contribution in [3.8, 4) is 0 Å². The molecule has 0 radical (unpaired) electrons. The van der Waals surface area contributed by atoms with Crippen molar-refractivity contribution in [1.82, 2.24) is 14.5 Å². The summed E-state index contributed by atoms with van der Waals surface area (Å²) in [6.07, 6.45) is 2.61. The first-order chi connectivity index (χ1) is 20.6. The Morgan fingerprint density at radius 1 is 1.05 bits per heavy atom. The van der Waals surface area contributed by atoms with E-state index in [1.165, 1.54) is 12.1 Å². The van der Waals surface area contributed by atoms with Crippen molar-refractivity contribution in [2.75, 3.05) is 19.6 Å². The van der Waals surface area contributed by atoms with E-state index >= 15 is 0 Å². The quantitative estimate of drug-likeness (QED) is 0.289. The maximum absolute atomic E-state index is 14.9. The lowest BCUT2D eigenvalue weighted by atomic mass is 9.68. The molecule has 3 aromatic carbocycles. The highest BCUT2D eigenvalue weighted by molar-refractivity contribution is 7.91. The Morgan fingerprint density at radius 2 is 1.74 bits per heavy atom. The fourth-order valence-corrected chi connectivity index (χ4v) is 9.87. The lowest BCUT2D eigenvalue weighted by Crippen LogP contribution is -2.65. The van der Waals surface area contributed by atoms with Crippen LogP contribution in [0.5, 0.6) is 0 Å². The van der Waals surface area contributed by atoms with Gasteiger partial charge >= 0.3 is 16.0 Å². The number of nitrogens with one attached hydrogen (secondary N) is 2. The van der Waals surface area contributed by atoms with Crippen LogP contribution in [0.25, 0.3) is 0 Å². The number of carboxylic acid groups (broad SMARTS) is 1. The van der Waals surface area contributed by atoms with Crippen LogP contribution in [-0.2, 0) is 26.8 Å². The Hall–Kier alpha value is -3.31. The first-order valence-electron chi connectivity index (χ1n) is 14.6. The highest BCUT2D eigenvalue weighted by atomic mass is 35.5. The summed E-state index contributed by atoms with van der Waals surface area (Å²) in [4.78, 5) is 25.4. The summed E-state index contributed by atoms with van der Waals surface area (Å²) in [5.41, 5.74) is 1.87. The van der Waals surface area contributed by atoms with Gasteiger partial charge in [-0.25, -0.2) is 4.39 Å². The van der Waals surface area contributed by atoms with Crippen molar-refractivity contribution >= 4 is 39.2 Å². The SMILES string of the molecule is O=C(O)CC[N+]1(S(=O)(=O)c2ccc(F)cc2)c2ccc(C(=O)NCc3ccccc3Cl)cc2C2(CCNCC2)C1C1CC1. The van der Waals surface area contributed by atoms with Gasteiger partial charge < -0.3 is 15.7 Å². The molecule has 1 amide bonds. The molecule has 0 aromatic heterocycles. The van der Waals surface area contributed by atoms with Crippen molar-refractivity contribution in [3.05, 3.63) is 94.3 Å². The number of piperidine rings is 1. The normalized spacial score (nSPS) is 22.7. The third kappa shape index (κ3) is 5.04. The number of carbonyl (C=O) groups excluding carboxylic acids is 1. The average molecular weight is 627 g/mol. The maximum Gasteiger partial charge on any atom is 0.332 e. The van der Waals surface area contributed by atoms with Crippen LogP contribution < -0.4 is 14.5 Å². The zero-order valence-electron chi connectivity index (χ0n) is 23.6. The van der Waals surface area contributed by atoms with Crippen molar-refractivity contribution in [1.29, 1.82) is 0 Å². The zero-order chi connectivity index (χ0) is 30.4. The maximum atomic E-state index is 14.9. The predicted molar refractivity (Wildman–Crippen MR) is 162 cm³/mol. The number of halogens is 2. The molecular formula is C32H34ClFN3O5S+. The number of benzene rings is 3. The summed E-state index contributed by atoms with van der Waals surface area (Å²) in [5.74, 6) is -1.90. The molecule has 2 atom stereocenters. The van der Waals surface area contributed by atoms with E-state index in [0.29, 0.717) is 42.2 Å². The second-order valence-corrected chi connectivity index (χ2v) is 14.3. The molecule has 2 unspecified atom stereocenters. The summed E-state index contributed by atoms with van der Waals surface area (Å²) in [6.45, 7) is 1.39. The minimum atomic E-state index is -4.27. The minimum Gasteiger partial charge on any atom is -0.481 e. The standard InChI is InChI=1S/C32H33ClFN3O5S/c33-27-4-2-1-3-23(27)20-36-31(40)22-7-12-28-26(19-22)32(14-16-35-17-15-32)30(21-5-6-21)37(28,18-13-29(38)39)43(41,42)25-10-8-24(34)9-11-25/h1-4,7-12,19,21,30,35H,5-6,13-18,20H2,(H-,36,38,39,40)/p+1. The Balaban J connectivity index is 1.51. The monoisotopic (exact) mass is 626 g/mol. The van der Waals surface area contributed by atoms with Crippen molar-refractivity contribution in [2.24, 2.45) is 5.92 Å². The lowest BCUT2D eigenvalue weighted by Gasteiger charge is -2.45. The summed E-state index contributed by atoms with van der Waals surface area (Å²) in [6, 6.07) is 16.7. The van der Waals surface area contributed by atoms with Crippen LogP contribution in [0.15, 0.2) is 71.6 Å². The molecule has 3 aromatic rings. The number of aliphatic carboxylic acids is 1. The number of hydrogen-bond acceptors (Lipinski definition) is 5. The van der Waals surface area contributed by atoms with Gasteiger partial charge in [0.05, 0.1) is 11.8 Å². The summed E-state index contributed by atoms with van der Waals surface area (Å²) in [5, 5.41) is 16.7. The van der Waals surface area contributed by atoms with Gasteiger partial charge in [-0.2, -0.15) is 12.3 Å². The number of quaternary nitrogens is 1. The van der Waals surface area contributed by atoms with E-state index < -0.39 is 37.2 Å². The largest absolute Gasteiger partial charge is 0.481 e. The molecule has 3 aliphatic rings. The first-order valence-corrected chi connectivity index (χ1v) is 16.4. The topological polar surface area (TPSA) is 113 Å². The van der Waals surface area contributed by atoms with Crippen LogP contribution in [0.3, 0.4) is 0 Å². The van der Waals surface area contributed by atoms with Gasteiger partial charge in [-0.05, 0) is 86.8 Å². The molecule has 1 aliphatic carbocycles. The van der Waals surface area contributed by atoms with Crippen LogP contribution >= 0.6 is 11.6 Å². The highest BCUT2D eigenvalue weighted by Crippen LogP contribution is 2.62. The third-order valence-electron chi connectivity index (χ3n) is 9.38. The van der Waals surface area contributed by atoms with Crippen LogP contribution in [0.1, 0.15) is 53.6 Å². The van der Waals surface area contributed by atoms with E-state index in [1.54, 1.807) is 18.2 Å². The Kier molecular flexibility index (Phi) is 7.83. The fourth-order valence-electron chi connectivity index (χ4n) is 7.39. The van der Waals surface area contributed by atoms with E-state index in [1.807, 2.05) is 24.3 Å². The van der Waals surface area contributed by atoms with Gasteiger partial charge in [0.1, 0.15) is 23.3 Å². The van der Waals surface area contributed by atoms with Gasteiger partial charge in [0, 0.05) is 34.7 Å². The molecule has 3 N–H and O–H groups in total. The molecule has 43 heavy (non-hydrogen) atoms. The lowest BCUT2D eigenvalue weighted by molar-refractivity contribution is -0.137. The molecule has 1 saturated heterocycles. The molecule has 11 heteroatoms. The molecule has 6 rings (SSSR count). The Bertz CT molecular complexity index is 1670. The van der Waals surface area contributed by atoms with Crippen molar-refractivity contribution in [2.45, 2.75) is 55.0 Å². The Labute approximate surface area is 255 Å². The molecule has 2 heterocycles. The van der Waals surface area contributed by atoms with Crippen LogP contribution in [-0.4, -0.2) is 51.1 Å². The molecule has 8 nitrogen and oxygen atoms in total. The van der Waals surface area contributed by atoms with Gasteiger partial charge in [0.15, 0.2) is 5.69 Å². The van der Waals surface area contributed by atoms with Crippen LogP contribution in [0.4, 0.5) is 10.1 Å². The molecule has 2 fully saturated rings. The number of amides is 1. The van der Waals surface area contributed by atoms with Crippen LogP contribution in [0, 0.1) is 11.7 Å². The average Bonchev–Trinajstić information content (AvgIpc) is 3.80. The molecule has 1 spiro atoms. The van der Waals surface area contributed by atoms with E-state index in [-0.39, 0.29) is 36.2 Å². The Morgan fingerprint density at radius 3 is 2.40 bits per heavy atom. The second kappa shape index (κ2) is 11.3. The molecular weight excluding hydrogens is 593 g/mol. The number of fused-ring (bicyclic) bond motifs is 2. The van der Waals surface area contributed by atoms with Gasteiger partial charge in [-0.15, -0.1) is 0 Å². The number of carbonyl (C=O) groups is 2. The van der Waals surface area contributed by atoms with E-state index in [4.69, 9.17) is 11.6 Å². The molecule has 226 valence electrons. The van der Waals surface area contributed by atoms with Gasteiger partial charge in [-0.1, -0.05) is 29.8 Å². The molecule has 0 bridgehead atoms. The summed E-state index contributed by atoms with van der Waals surface area (Å²) < 4.78 is 43.1. The van der Waals surface area contributed by atoms with Crippen LogP contribution in [0.2, 0.25) is 5.02 Å². The number of carboxylic acids is 1. The fraction of sp³-hybridized carbons (Fsp3) is 0.375. The summed E-state index contributed by atoms with van der Waals surface area (Å²) in [7, 11) is -4.27. The third-order valence-corrected chi connectivity index (χ3v) is 12.1. The minimum absolute atomic E-state index is 0.0524. The number of hydrogen-bond donors (Lipinski definition) is 3. The van der Waals surface area contributed by atoms with E-state index in [2.05, 4.69) is 10.6 Å². The number of rotatable bonds is 9. The zero-order valence-corrected chi connectivity index (χ0v) is 25.1. The van der Waals surface area contributed by atoms with E-state index in [9.17, 15) is 27.5 Å². The number of sulfonamides is 1. The number of nitrogens with zero attached hydrogens (tertiary/aromatic N) is 1. The van der Waals surface area contributed by atoms with E-state index in [0.717, 1.165) is 36.1 Å². The molecule has 2 aliphatic heterocycles.